The molecule has 0 aromatic heterocycles. The van der Waals surface area contributed by atoms with E-state index in [9.17, 15) is 0 Å². The van der Waals surface area contributed by atoms with Crippen LogP contribution >= 0.6 is 0 Å². The van der Waals surface area contributed by atoms with Gasteiger partial charge in [-0.3, -0.25) is 11.3 Å². The Hall–Kier alpha value is -0.900. The minimum absolute atomic E-state index is 0.119. The van der Waals surface area contributed by atoms with Crippen molar-refractivity contribution < 1.29 is 4.74 Å². The summed E-state index contributed by atoms with van der Waals surface area (Å²) in [4.78, 5) is 0. The average Bonchev–Trinajstić information content (AvgIpc) is 2.38. The van der Waals surface area contributed by atoms with Gasteiger partial charge in [-0.05, 0) is 38.7 Å². The summed E-state index contributed by atoms with van der Waals surface area (Å²) in [5.41, 5.74) is 6.65. The summed E-state index contributed by atoms with van der Waals surface area (Å²) in [6.45, 7) is 8.56. The Bertz CT molecular complexity index is 371. The van der Waals surface area contributed by atoms with E-state index in [-0.39, 0.29) is 11.6 Å². The smallest absolute Gasteiger partial charge is 0.0842 e. The molecule has 0 bridgehead atoms. The second-order valence-corrected chi connectivity index (χ2v) is 5.40. The van der Waals surface area contributed by atoms with Crippen LogP contribution in [-0.4, -0.2) is 18.8 Å². The molecule has 3 N–H and O–H groups in total. The highest BCUT2D eigenvalue weighted by atomic mass is 16.5. The molecule has 0 aliphatic rings. The van der Waals surface area contributed by atoms with Crippen LogP contribution in [-0.2, 0) is 11.2 Å². The van der Waals surface area contributed by atoms with E-state index in [0.29, 0.717) is 0 Å². The lowest BCUT2D eigenvalue weighted by molar-refractivity contribution is -0.0473. The number of nitrogens with one attached hydrogen (secondary N) is 1. The monoisotopic (exact) mass is 264 g/mol. The first-order chi connectivity index (χ1) is 9.01. The summed E-state index contributed by atoms with van der Waals surface area (Å²) < 4.78 is 5.78. The number of nitrogens with two attached hydrogens (primary N) is 1. The van der Waals surface area contributed by atoms with E-state index in [0.717, 1.165) is 19.3 Å². The summed E-state index contributed by atoms with van der Waals surface area (Å²) in [5.74, 6) is 5.78. The van der Waals surface area contributed by atoms with Crippen molar-refractivity contribution in [1.29, 1.82) is 0 Å². The molecule has 0 aliphatic heterocycles. The SMILES string of the molecule is CCC(CC)(OC)C(Cc1cc(C)cc(C)c1)NN. The van der Waals surface area contributed by atoms with Crippen molar-refractivity contribution in [2.75, 3.05) is 7.11 Å². The Labute approximate surface area is 117 Å². The number of aryl methyl sites for hydroxylation is 2. The van der Waals surface area contributed by atoms with E-state index in [1.807, 2.05) is 0 Å². The van der Waals surface area contributed by atoms with E-state index >= 15 is 0 Å². The van der Waals surface area contributed by atoms with Gasteiger partial charge in [-0.1, -0.05) is 43.2 Å². The minimum Gasteiger partial charge on any atom is -0.377 e. The lowest BCUT2D eigenvalue weighted by atomic mass is 9.84. The molecule has 0 heterocycles. The molecule has 1 atom stereocenters. The zero-order chi connectivity index (χ0) is 14.5. The lowest BCUT2D eigenvalue weighted by Gasteiger charge is -2.38. The standard InChI is InChI=1S/C16H28N2O/c1-6-16(7-2,19-5)15(18-17)11-14-9-12(3)8-13(4)10-14/h8-10,15,18H,6-7,11,17H2,1-5H3. The van der Waals surface area contributed by atoms with Gasteiger partial charge in [-0.15, -0.1) is 0 Å². The number of hydrazine groups is 1. The van der Waals surface area contributed by atoms with Crippen molar-refractivity contribution in [3.05, 3.63) is 34.9 Å². The number of methoxy groups -OCH3 is 1. The molecule has 3 heteroatoms. The third-order valence-corrected chi connectivity index (χ3v) is 4.16. The fraction of sp³-hybridized carbons (Fsp3) is 0.625. The third-order valence-electron chi connectivity index (χ3n) is 4.16. The second kappa shape index (κ2) is 7.04. The van der Waals surface area contributed by atoms with Gasteiger partial charge in [0.1, 0.15) is 0 Å². The van der Waals surface area contributed by atoms with E-state index in [1.165, 1.54) is 16.7 Å². The highest BCUT2D eigenvalue weighted by molar-refractivity contribution is 5.29. The van der Waals surface area contributed by atoms with Crippen LogP contribution in [0.4, 0.5) is 0 Å². The Morgan fingerprint density at radius 1 is 1.16 bits per heavy atom. The molecule has 0 saturated heterocycles. The molecule has 0 radical (unpaired) electrons. The van der Waals surface area contributed by atoms with Gasteiger partial charge in [-0.25, -0.2) is 0 Å². The van der Waals surface area contributed by atoms with Crippen LogP contribution in [0.15, 0.2) is 18.2 Å². The average molecular weight is 264 g/mol. The summed E-state index contributed by atoms with van der Waals surface area (Å²) in [6, 6.07) is 6.76. The molecule has 1 unspecified atom stereocenters. The fourth-order valence-corrected chi connectivity index (χ4v) is 2.99. The van der Waals surface area contributed by atoms with Crippen molar-refractivity contribution in [2.24, 2.45) is 5.84 Å². The van der Waals surface area contributed by atoms with E-state index in [4.69, 9.17) is 10.6 Å². The third kappa shape index (κ3) is 3.78. The zero-order valence-corrected chi connectivity index (χ0v) is 12.9. The molecule has 1 aromatic carbocycles. The van der Waals surface area contributed by atoms with Gasteiger partial charge in [-0.2, -0.15) is 0 Å². The van der Waals surface area contributed by atoms with Crippen LogP contribution in [0, 0.1) is 13.8 Å². The first-order valence-electron chi connectivity index (χ1n) is 7.09. The molecule has 0 aliphatic carbocycles. The quantitative estimate of drug-likeness (QED) is 0.588. The normalized spacial score (nSPS) is 13.6. The summed E-state index contributed by atoms with van der Waals surface area (Å²) >= 11 is 0. The van der Waals surface area contributed by atoms with Crippen LogP contribution in [0.5, 0.6) is 0 Å². The molecule has 0 amide bonds. The van der Waals surface area contributed by atoms with Crippen LogP contribution in [0.2, 0.25) is 0 Å². The zero-order valence-electron chi connectivity index (χ0n) is 12.9. The maximum Gasteiger partial charge on any atom is 0.0842 e. The highest BCUT2D eigenvalue weighted by Gasteiger charge is 2.35. The van der Waals surface area contributed by atoms with Gasteiger partial charge in [0.25, 0.3) is 0 Å². The van der Waals surface area contributed by atoms with E-state index in [2.05, 4.69) is 51.3 Å². The van der Waals surface area contributed by atoms with Gasteiger partial charge in [0.05, 0.1) is 11.6 Å². The van der Waals surface area contributed by atoms with Gasteiger partial charge < -0.3 is 4.74 Å². The molecule has 3 nitrogen and oxygen atoms in total. The molecular formula is C16H28N2O. The summed E-state index contributed by atoms with van der Waals surface area (Å²) in [6.07, 6.45) is 2.77. The molecule has 1 aromatic rings. The number of hydrogen-bond donors (Lipinski definition) is 2. The Morgan fingerprint density at radius 3 is 2.05 bits per heavy atom. The maximum absolute atomic E-state index is 5.78. The van der Waals surface area contributed by atoms with Gasteiger partial charge in [0.2, 0.25) is 0 Å². The summed E-state index contributed by atoms with van der Waals surface area (Å²) in [5, 5.41) is 0. The number of benzene rings is 1. The number of hydrogen-bond acceptors (Lipinski definition) is 3. The lowest BCUT2D eigenvalue weighted by Crippen LogP contribution is -2.55. The van der Waals surface area contributed by atoms with Crippen LogP contribution in [0.25, 0.3) is 0 Å². The van der Waals surface area contributed by atoms with Gasteiger partial charge in [0, 0.05) is 7.11 Å². The van der Waals surface area contributed by atoms with Crippen LogP contribution in [0.1, 0.15) is 43.4 Å². The minimum atomic E-state index is -0.202. The van der Waals surface area contributed by atoms with Crippen LogP contribution in [0.3, 0.4) is 0 Å². The molecular weight excluding hydrogens is 236 g/mol. The Balaban J connectivity index is 2.98. The van der Waals surface area contributed by atoms with Crippen LogP contribution < -0.4 is 11.3 Å². The van der Waals surface area contributed by atoms with E-state index in [1.54, 1.807) is 7.11 Å². The molecule has 0 spiro atoms. The first kappa shape index (κ1) is 16.2. The molecule has 1 rings (SSSR count). The number of rotatable bonds is 7. The van der Waals surface area contributed by atoms with Crippen molar-refractivity contribution >= 4 is 0 Å². The van der Waals surface area contributed by atoms with Crippen molar-refractivity contribution in [2.45, 2.75) is 58.6 Å². The summed E-state index contributed by atoms with van der Waals surface area (Å²) in [7, 11) is 1.78. The first-order valence-corrected chi connectivity index (χ1v) is 7.09. The molecule has 108 valence electrons. The number of ether oxygens (including phenoxy) is 1. The largest absolute Gasteiger partial charge is 0.377 e. The maximum atomic E-state index is 5.78. The van der Waals surface area contributed by atoms with Crippen molar-refractivity contribution in [3.8, 4) is 0 Å². The fourth-order valence-electron chi connectivity index (χ4n) is 2.99. The van der Waals surface area contributed by atoms with Gasteiger partial charge in [0.15, 0.2) is 0 Å². The topological polar surface area (TPSA) is 47.3 Å². The van der Waals surface area contributed by atoms with Crippen molar-refractivity contribution in [3.63, 3.8) is 0 Å². The second-order valence-electron chi connectivity index (χ2n) is 5.40. The van der Waals surface area contributed by atoms with Gasteiger partial charge >= 0.3 is 0 Å². The van der Waals surface area contributed by atoms with E-state index < -0.39 is 0 Å². The predicted octanol–water partition coefficient (Wildman–Crippen LogP) is 2.88. The molecule has 19 heavy (non-hydrogen) atoms. The predicted molar refractivity (Wildman–Crippen MR) is 81.1 cm³/mol. The van der Waals surface area contributed by atoms with Crippen molar-refractivity contribution in [1.82, 2.24) is 5.43 Å². The molecule has 0 saturated carbocycles. The molecule has 0 fully saturated rings. The Morgan fingerprint density at radius 2 is 1.68 bits per heavy atom. The Kier molecular flexibility index (Phi) is 5.98. The highest BCUT2D eigenvalue weighted by Crippen LogP contribution is 2.26.